The normalized spacial score (nSPS) is 16.3. The van der Waals surface area contributed by atoms with Gasteiger partial charge in [0, 0.05) is 59.2 Å². The Morgan fingerprint density at radius 3 is 2.32 bits per heavy atom. The number of hydrogen-bond acceptors (Lipinski definition) is 5. The number of carbonyl (C=O) groups is 3. The Morgan fingerprint density at radius 1 is 1.09 bits per heavy atom. The molecule has 1 rings (SSSR count). The third-order valence-electron chi connectivity index (χ3n) is 3.85. The second-order valence-electron chi connectivity index (χ2n) is 5.95. The molecule has 0 aromatic heterocycles. The summed E-state index contributed by atoms with van der Waals surface area (Å²) >= 11 is 0. The van der Waals surface area contributed by atoms with Crippen molar-refractivity contribution in [1.82, 2.24) is 20.0 Å². The lowest BCUT2D eigenvalue weighted by molar-refractivity contribution is -0.132. The van der Waals surface area contributed by atoms with Crippen LogP contribution in [-0.2, 0) is 14.4 Å². The third kappa shape index (κ3) is 7.51. The molecular weight excluding hydrogens is 292 g/mol. The second kappa shape index (κ2) is 9.53. The van der Waals surface area contributed by atoms with Gasteiger partial charge in [0.25, 0.3) is 0 Å². The number of piperazine rings is 1. The molecule has 126 valence electrons. The minimum absolute atomic E-state index is 0.00543. The van der Waals surface area contributed by atoms with Crippen molar-refractivity contribution in [3.63, 3.8) is 0 Å². The molecule has 1 heterocycles. The highest BCUT2D eigenvalue weighted by Gasteiger charge is 2.16. The fourth-order valence-electron chi connectivity index (χ4n) is 2.23. The van der Waals surface area contributed by atoms with Crippen molar-refractivity contribution in [2.75, 3.05) is 59.9 Å². The summed E-state index contributed by atoms with van der Waals surface area (Å²) in [7, 11) is 3.77. The van der Waals surface area contributed by atoms with Gasteiger partial charge in [-0.15, -0.1) is 0 Å². The quantitative estimate of drug-likeness (QED) is 0.467. The number of hydrogen-bond donors (Lipinski definition) is 1. The lowest BCUT2D eigenvalue weighted by Crippen LogP contribution is -2.48. The maximum Gasteiger partial charge on any atom is 0.234 e. The first-order chi connectivity index (χ1) is 10.4. The topological polar surface area (TPSA) is 73.0 Å². The molecule has 1 aliphatic heterocycles. The van der Waals surface area contributed by atoms with Crippen molar-refractivity contribution < 1.29 is 14.4 Å². The zero-order valence-corrected chi connectivity index (χ0v) is 13.9. The number of likely N-dealkylation sites (N-methyl/N-ethyl adjacent to an activating group) is 2. The van der Waals surface area contributed by atoms with E-state index >= 15 is 0 Å². The predicted octanol–water partition coefficient (Wildman–Crippen LogP) is -0.822. The highest BCUT2D eigenvalue weighted by atomic mass is 16.2. The van der Waals surface area contributed by atoms with Crippen LogP contribution < -0.4 is 5.32 Å². The van der Waals surface area contributed by atoms with Crippen LogP contribution >= 0.6 is 0 Å². The molecule has 0 aromatic rings. The number of amides is 2. The Kier molecular flexibility index (Phi) is 8.05. The Labute approximate surface area is 132 Å². The van der Waals surface area contributed by atoms with Gasteiger partial charge in [0.15, 0.2) is 0 Å². The van der Waals surface area contributed by atoms with Crippen molar-refractivity contribution in [2.45, 2.75) is 19.8 Å². The van der Waals surface area contributed by atoms with Crippen LogP contribution in [0.5, 0.6) is 0 Å². The second-order valence-corrected chi connectivity index (χ2v) is 5.95. The van der Waals surface area contributed by atoms with E-state index < -0.39 is 0 Å². The number of nitrogens with one attached hydrogen (secondary N) is 1. The SMILES string of the molecule is C[13C](=O)CC[13C](=O)N(C)CCN[13C](=O)C[15N]1CC[15N]([13CH3])[13CH2][13CH2]1. The van der Waals surface area contributed by atoms with Crippen molar-refractivity contribution in [3.8, 4) is 0 Å². The van der Waals surface area contributed by atoms with Crippen molar-refractivity contribution >= 4 is 17.6 Å². The first-order valence-corrected chi connectivity index (χ1v) is 7.79. The molecule has 7 nitrogen and oxygen atoms in total. The molecular formula is C15H28N4O3. The van der Waals surface area contributed by atoms with Gasteiger partial charge in [-0.2, -0.15) is 0 Å². The maximum atomic E-state index is 11.8. The van der Waals surface area contributed by atoms with Gasteiger partial charge in [0.1, 0.15) is 5.78 Å². The molecule has 7 heteroatoms. The van der Waals surface area contributed by atoms with E-state index in [4.69, 9.17) is 0 Å². The van der Waals surface area contributed by atoms with Crippen LogP contribution in [0.2, 0.25) is 0 Å². The summed E-state index contributed by atoms with van der Waals surface area (Å²) < 4.78 is 0. The van der Waals surface area contributed by atoms with Crippen LogP contribution in [0.4, 0.5) is 0 Å². The molecule has 1 fully saturated rings. The van der Waals surface area contributed by atoms with Gasteiger partial charge in [-0.1, -0.05) is 0 Å². The Hall–Kier alpha value is -1.47. The zero-order valence-electron chi connectivity index (χ0n) is 13.9. The van der Waals surface area contributed by atoms with Crippen LogP contribution in [0.15, 0.2) is 0 Å². The van der Waals surface area contributed by atoms with E-state index in [1.165, 1.54) is 6.92 Å². The summed E-state index contributed by atoms with van der Waals surface area (Å²) in [5.41, 5.74) is 0. The zero-order chi connectivity index (χ0) is 16.5. The highest BCUT2D eigenvalue weighted by Crippen LogP contribution is 1.98. The fraction of sp³-hybridized carbons (Fsp3) is 0.800. The van der Waals surface area contributed by atoms with Crippen LogP contribution in [0, 0.1) is 0 Å². The van der Waals surface area contributed by atoms with Gasteiger partial charge in [0.2, 0.25) is 11.8 Å². The first-order valence-electron chi connectivity index (χ1n) is 7.79. The molecule has 1 aliphatic rings. The Morgan fingerprint density at radius 2 is 1.73 bits per heavy atom. The van der Waals surface area contributed by atoms with Crippen LogP contribution in [-0.4, -0.2) is 92.2 Å². The van der Waals surface area contributed by atoms with E-state index in [-0.39, 0.29) is 30.4 Å². The molecule has 22 heavy (non-hydrogen) atoms. The summed E-state index contributed by atoms with van der Waals surface area (Å²) in [6, 6.07) is 0. The molecule has 2 amide bonds. The molecule has 0 saturated carbocycles. The average Bonchev–Trinajstić information content (AvgIpc) is 2.47. The third-order valence-corrected chi connectivity index (χ3v) is 3.85. The lowest BCUT2D eigenvalue weighted by atomic mass is 10.5. The van der Waals surface area contributed by atoms with Crippen LogP contribution in [0.1, 0.15) is 19.8 Å². The number of nitrogens with zero attached hydrogens (tertiary/aromatic N) is 3. The van der Waals surface area contributed by atoms with Crippen molar-refractivity contribution in [3.05, 3.63) is 0 Å². The first kappa shape index (κ1) is 18.6. The van der Waals surface area contributed by atoms with Gasteiger partial charge < -0.3 is 19.9 Å². The minimum Gasteiger partial charge on any atom is -0.353 e. The van der Waals surface area contributed by atoms with E-state index in [1.54, 1.807) is 11.9 Å². The summed E-state index contributed by atoms with van der Waals surface area (Å²) in [6.07, 6.45) is 0.514. The van der Waals surface area contributed by atoms with Gasteiger partial charge in [-0.05, 0) is 14.0 Å². The van der Waals surface area contributed by atoms with E-state index in [0.717, 1.165) is 26.2 Å². The smallest absolute Gasteiger partial charge is 0.234 e. The summed E-state index contributed by atoms with van der Waals surface area (Å²) in [4.78, 5) is 40.3. The molecule has 0 unspecified atom stereocenters. The number of rotatable bonds is 8. The molecule has 0 atom stereocenters. The predicted molar refractivity (Wildman–Crippen MR) is 84.5 cm³/mol. The minimum atomic E-state index is -0.0662. The Bertz CT molecular complexity index is 392. The number of carbonyl (C=O) groups excluding carboxylic acids is 3. The molecule has 1 N–H and O–H groups in total. The van der Waals surface area contributed by atoms with Crippen molar-refractivity contribution in [2.24, 2.45) is 0 Å². The molecule has 0 radical (unpaired) electrons. The van der Waals surface area contributed by atoms with Gasteiger partial charge >= 0.3 is 0 Å². The summed E-state index contributed by atoms with van der Waals surface area (Å²) in [5, 5.41) is 2.84. The summed E-state index contributed by atoms with van der Waals surface area (Å²) in [5.74, 6) is -0.0557. The molecule has 0 spiro atoms. The van der Waals surface area contributed by atoms with Crippen molar-refractivity contribution in [1.29, 1.82) is 0 Å². The van der Waals surface area contributed by atoms with E-state index in [2.05, 4.69) is 22.2 Å². The van der Waals surface area contributed by atoms with E-state index in [1.807, 2.05) is 0 Å². The van der Waals surface area contributed by atoms with Crippen LogP contribution in [0.25, 0.3) is 0 Å². The Balaban J connectivity index is 2.13. The lowest BCUT2D eigenvalue weighted by Gasteiger charge is -2.31. The van der Waals surface area contributed by atoms with E-state index in [9.17, 15) is 14.4 Å². The molecule has 0 aliphatic carbocycles. The molecule has 0 aromatic carbocycles. The molecule has 0 bridgehead atoms. The van der Waals surface area contributed by atoms with Crippen LogP contribution in [0.3, 0.4) is 0 Å². The van der Waals surface area contributed by atoms with E-state index in [0.29, 0.717) is 19.6 Å². The van der Waals surface area contributed by atoms with Gasteiger partial charge in [-0.25, -0.2) is 0 Å². The van der Waals surface area contributed by atoms with Gasteiger partial charge in [-0.3, -0.25) is 14.5 Å². The largest absolute Gasteiger partial charge is 0.353 e. The number of Topliss-reactive ketones (excluding diaryl/α,β-unsaturated/α-hetero) is 1. The maximum absolute atomic E-state index is 11.8. The van der Waals surface area contributed by atoms with Gasteiger partial charge in [0.05, 0.1) is 6.54 Å². The summed E-state index contributed by atoms with van der Waals surface area (Å²) in [6.45, 7) is 6.59. The highest BCUT2D eigenvalue weighted by molar-refractivity contribution is 5.83. The molecule has 1 saturated heterocycles. The monoisotopic (exact) mass is 320 g/mol. The fourth-order valence-corrected chi connectivity index (χ4v) is 2.23. The standard InChI is InChI=1S/C15H28N4O3/c1-13(20)4-5-15(22)18(3)7-6-16-14(21)12-19-10-8-17(2)9-11-19/h4-12H2,1-3H3,(H,16,21)/i2+1,8+1,10+1,13+1,14+1,15+1,17+1,19+1. The number of ketones is 1. The average molecular weight is 320 g/mol.